The summed E-state index contributed by atoms with van der Waals surface area (Å²) in [6, 6.07) is 3.30. The van der Waals surface area contributed by atoms with Gasteiger partial charge in [0.1, 0.15) is 5.82 Å². The summed E-state index contributed by atoms with van der Waals surface area (Å²) in [6.07, 6.45) is 3.18. The van der Waals surface area contributed by atoms with Crippen LogP contribution >= 0.6 is 15.9 Å². The second-order valence-corrected chi connectivity index (χ2v) is 5.32. The summed E-state index contributed by atoms with van der Waals surface area (Å²) in [4.78, 5) is 13.9. The van der Waals surface area contributed by atoms with E-state index in [1.54, 1.807) is 17.0 Å². The topological polar surface area (TPSA) is 20.3 Å². The highest BCUT2D eigenvalue weighted by molar-refractivity contribution is 9.10. The van der Waals surface area contributed by atoms with Crippen LogP contribution in [0.2, 0.25) is 0 Å². The molecule has 0 atom stereocenters. The Morgan fingerprint density at radius 3 is 2.59 bits per heavy atom. The van der Waals surface area contributed by atoms with Gasteiger partial charge in [-0.1, -0.05) is 0 Å². The van der Waals surface area contributed by atoms with Crippen molar-refractivity contribution in [3.8, 4) is 0 Å². The van der Waals surface area contributed by atoms with Gasteiger partial charge in [0.05, 0.1) is 10.0 Å². The summed E-state index contributed by atoms with van der Waals surface area (Å²) in [7, 11) is 0. The van der Waals surface area contributed by atoms with E-state index in [2.05, 4.69) is 15.9 Å². The lowest BCUT2D eigenvalue weighted by Gasteiger charge is -2.27. The Kier molecular flexibility index (Phi) is 3.82. The van der Waals surface area contributed by atoms with E-state index < -0.39 is 5.82 Å². The van der Waals surface area contributed by atoms with E-state index in [1.165, 1.54) is 0 Å². The predicted octanol–water partition coefficient (Wildman–Crippen LogP) is 3.52. The Balaban J connectivity index is 2.29. The summed E-state index contributed by atoms with van der Waals surface area (Å²) >= 11 is 3.14. The molecule has 1 fully saturated rings. The number of halogens is 2. The first kappa shape index (κ1) is 12.6. The van der Waals surface area contributed by atoms with Gasteiger partial charge >= 0.3 is 0 Å². The molecule has 1 aromatic rings. The number of carbonyl (C=O) groups excluding carboxylic acids is 1. The molecular weight excluding hydrogens is 285 g/mol. The Morgan fingerprint density at radius 2 is 1.94 bits per heavy atom. The number of hydrogen-bond acceptors (Lipinski definition) is 1. The number of nitrogens with zero attached hydrogens (tertiary/aromatic N) is 1. The molecule has 0 radical (unpaired) electrons. The van der Waals surface area contributed by atoms with Crippen LogP contribution in [0.15, 0.2) is 16.6 Å². The smallest absolute Gasteiger partial charge is 0.256 e. The molecule has 1 saturated heterocycles. The molecule has 4 heteroatoms. The van der Waals surface area contributed by atoms with Crippen LogP contribution in [0.3, 0.4) is 0 Å². The minimum atomic E-state index is -0.453. The second kappa shape index (κ2) is 5.17. The monoisotopic (exact) mass is 299 g/mol. The maximum absolute atomic E-state index is 13.9. The van der Waals surface area contributed by atoms with Crippen LogP contribution in [0.25, 0.3) is 0 Å². The van der Waals surface area contributed by atoms with E-state index in [0.29, 0.717) is 4.47 Å². The second-order valence-electron chi connectivity index (χ2n) is 4.46. The van der Waals surface area contributed by atoms with Gasteiger partial charge < -0.3 is 4.90 Å². The van der Waals surface area contributed by atoms with Crippen molar-refractivity contribution in [2.24, 2.45) is 0 Å². The highest BCUT2D eigenvalue weighted by atomic mass is 79.9. The summed E-state index contributed by atoms with van der Waals surface area (Å²) < 4.78 is 14.3. The van der Waals surface area contributed by atoms with Gasteiger partial charge in [0.2, 0.25) is 0 Å². The first-order valence-corrected chi connectivity index (χ1v) is 6.64. The summed E-state index contributed by atoms with van der Waals surface area (Å²) in [5.74, 6) is -0.641. The molecule has 2 nitrogen and oxygen atoms in total. The Morgan fingerprint density at radius 1 is 1.29 bits per heavy atom. The molecule has 1 heterocycles. The quantitative estimate of drug-likeness (QED) is 0.777. The van der Waals surface area contributed by atoms with Gasteiger partial charge in [0.25, 0.3) is 5.91 Å². The third kappa shape index (κ3) is 2.68. The zero-order chi connectivity index (χ0) is 12.4. The van der Waals surface area contributed by atoms with Gasteiger partial charge in [-0.25, -0.2) is 4.39 Å². The van der Waals surface area contributed by atoms with E-state index in [4.69, 9.17) is 0 Å². The third-order valence-corrected chi connectivity index (χ3v) is 3.62. The Labute approximate surface area is 109 Å². The maximum Gasteiger partial charge on any atom is 0.256 e. The first-order valence-electron chi connectivity index (χ1n) is 5.84. The largest absolute Gasteiger partial charge is 0.339 e. The molecule has 1 aliphatic heterocycles. The third-order valence-electron chi connectivity index (χ3n) is 3.05. The number of rotatable bonds is 1. The highest BCUT2D eigenvalue weighted by Gasteiger charge is 2.22. The van der Waals surface area contributed by atoms with E-state index in [0.717, 1.165) is 37.9 Å². The fraction of sp³-hybridized carbons (Fsp3) is 0.462. The average Bonchev–Trinajstić information content (AvgIpc) is 2.34. The first-order chi connectivity index (χ1) is 8.09. The highest BCUT2D eigenvalue weighted by Crippen LogP contribution is 2.23. The van der Waals surface area contributed by atoms with Crippen molar-refractivity contribution in [2.75, 3.05) is 13.1 Å². The predicted molar refractivity (Wildman–Crippen MR) is 68.6 cm³/mol. The lowest BCUT2D eigenvalue weighted by molar-refractivity contribution is 0.0719. The van der Waals surface area contributed by atoms with Crippen molar-refractivity contribution in [3.05, 3.63) is 33.5 Å². The minimum absolute atomic E-state index is 0.179. The molecule has 1 aliphatic rings. The Bertz CT molecular complexity index is 441. The number of aryl methyl sites for hydroxylation is 1. The molecule has 2 rings (SSSR count). The minimum Gasteiger partial charge on any atom is -0.339 e. The number of likely N-dealkylation sites (tertiary alicyclic amines) is 1. The molecule has 0 bridgehead atoms. The van der Waals surface area contributed by atoms with Gasteiger partial charge in [0.15, 0.2) is 0 Å². The number of amides is 1. The number of piperidine rings is 1. The molecule has 0 unspecified atom stereocenters. The van der Waals surface area contributed by atoms with E-state index in [-0.39, 0.29) is 11.5 Å². The van der Waals surface area contributed by atoms with E-state index in [1.807, 2.05) is 6.92 Å². The van der Waals surface area contributed by atoms with Gasteiger partial charge in [-0.15, -0.1) is 0 Å². The normalized spacial score (nSPS) is 16.1. The van der Waals surface area contributed by atoms with Crippen LogP contribution in [0.1, 0.15) is 35.2 Å². The van der Waals surface area contributed by atoms with Crippen molar-refractivity contribution in [3.63, 3.8) is 0 Å². The SMILES string of the molecule is Cc1cc(Br)c(F)c(C(=O)N2CCCCC2)c1. The summed E-state index contributed by atoms with van der Waals surface area (Å²) in [6.45, 7) is 3.34. The van der Waals surface area contributed by atoms with Crippen LogP contribution in [0, 0.1) is 12.7 Å². The molecule has 1 amide bonds. The standard InChI is InChI=1S/C13H15BrFNO/c1-9-7-10(12(15)11(14)8-9)13(17)16-5-3-2-4-6-16/h7-8H,2-6H2,1H3. The molecule has 0 N–H and O–H groups in total. The van der Waals surface area contributed by atoms with Crippen molar-refractivity contribution >= 4 is 21.8 Å². The van der Waals surface area contributed by atoms with Gasteiger partial charge in [-0.3, -0.25) is 4.79 Å². The molecular formula is C13H15BrFNO. The van der Waals surface area contributed by atoms with Crippen molar-refractivity contribution in [2.45, 2.75) is 26.2 Å². The van der Waals surface area contributed by atoms with Crippen LogP contribution in [0.4, 0.5) is 4.39 Å². The van der Waals surface area contributed by atoms with Crippen molar-refractivity contribution < 1.29 is 9.18 Å². The fourth-order valence-corrected chi connectivity index (χ4v) is 2.72. The molecule has 17 heavy (non-hydrogen) atoms. The molecule has 0 aliphatic carbocycles. The van der Waals surface area contributed by atoms with Gasteiger partial charge in [0, 0.05) is 13.1 Å². The van der Waals surface area contributed by atoms with Crippen LogP contribution in [-0.2, 0) is 0 Å². The summed E-state index contributed by atoms with van der Waals surface area (Å²) in [5.41, 5.74) is 1.07. The van der Waals surface area contributed by atoms with E-state index in [9.17, 15) is 9.18 Å². The van der Waals surface area contributed by atoms with Crippen LogP contribution in [0.5, 0.6) is 0 Å². The van der Waals surface area contributed by atoms with Crippen LogP contribution in [-0.4, -0.2) is 23.9 Å². The van der Waals surface area contributed by atoms with Crippen molar-refractivity contribution in [1.82, 2.24) is 4.90 Å². The fourth-order valence-electron chi connectivity index (χ4n) is 2.15. The zero-order valence-corrected chi connectivity index (χ0v) is 11.4. The molecule has 92 valence electrons. The molecule has 0 aromatic heterocycles. The number of hydrogen-bond donors (Lipinski definition) is 0. The van der Waals surface area contributed by atoms with Crippen molar-refractivity contribution in [1.29, 1.82) is 0 Å². The average molecular weight is 300 g/mol. The van der Waals surface area contributed by atoms with Gasteiger partial charge in [-0.2, -0.15) is 0 Å². The van der Waals surface area contributed by atoms with Crippen LogP contribution < -0.4 is 0 Å². The van der Waals surface area contributed by atoms with E-state index >= 15 is 0 Å². The summed E-state index contributed by atoms with van der Waals surface area (Å²) in [5, 5.41) is 0. The molecule has 1 aromatic carbocycles. The lowest BCUT2D eigenvalue weighted by atomic mass is 10.1. The number of carbonyl (C=O) groups is 1. The zero-order valence-electron chi connectivity index (χ0n) is 9.80. The van der Waals surface area contributed by atoms with Gasteiger partial charge in [-0.05, 0) is 59.8 Å². The lowest BCUT2D eigenvalue weighted by Crippen LogP contribution is -2.36. The molecule has 0 saturated carbocycles. The number of benzene rings is 1. The maximum atomic E-state index is 13.9. The Hall–Kier alpha value is -0.900. The molecule has 0 spiro atoms.